The van der Waals surface area contributed by atoms with Gasteiger partial charge in [0.05, 0.1) is 33.8 Å². The summed E-state index contributed by atoms with van der Waals surface area (Å²) in [6.07, 6.45) is 90.6. The first-order chi connectivity index (χ1) is 42.4. The summed E-state index contributed by atoms with van der Waals surface area (Å²) in [5.74, 6) is -0.550. The maximum absolute atomic E-state index is 13.6. The fraction of sp³-hybridized carbons (Fsp3) is 0.740. The van der Waals surface area contributed by atoms with Crippen molar-refractivity contribution < 1.29 is 37.3 Å². The van der Waals surface area contributed by atoms with E-state index < -0.39 is 26.6 Å². The van der Waals surface area contributed by atoms with E-state index in [-0.39, 0.29) is 24.9 Å². The van der Waals surface area contributed by atoms with Gasteiger partial charge in [0.15, 0.2) is 0 Å². The van der Waals surface area contributed by atoms with Gasteiger partial charge in [-0.2, -0.15) is 0 Å². The zero-order valence-electron chi connectivity index (χ0n) is 57.4. The van der Waals surface area contributed by atoms with Gasteiger partial charge in [-0.3, -0.25) is 14.2 Å². The molecule has 0 aromatic heterocycles. The van der Waals surface area contributed by atoms with Gasteiger partial charge >= 0.3 is 5.97 Å². The molecular formula is C77H137N2O7P. The Kier molecular flexibility index (Phi) is 63.1. The Morgan fingerprint density at radius 3 is 1.13 bits per heavy atom. The fourth-order valence-corrected chi connectivity index (χ4v) is 10.9. The molecule has 3 unspecified atom stereocenters. The zero-order chi connectivity index (χ0) is 63.5. The molecule has 0 aliphatic rings. The van der Waals surface area contributed by atoms with Gasteiger partial charge in [0.25, 0.3) is 7.82 Å². The van der Waals surface area contributed by atoms with Crippen LogP contribution < -0.4 is 10.2 Å². The lowest BCUT2D eigenvalue weighted by Gasteiger charge is -2.30. The van der Waals surface area contributed by atoms with E-state index in [1.54, 1.807) is 0 Å². The van der Waals surface area contributed by atoms with Crippen molar-refractivity contribution in [1.82, 2.24) is 5.32 Å². The van der Waals surface area contributed by atoms with Crippen molar-refractivity contribution in [3.63, 3.8) is 0 Å². The van der Waals surface area contributed by atoms with Crippen LogP contribution in [0.2, 0.25) is 0 Å². The van der Waals surface area contributed by atoms with Crippen molar-refractivity contribution in [1.29, 1.82) is 0 Å². The Balaban J connectivity index is 5.12. The number of hydrogen-bond acceptors (Lipinski definition) is 7. The number of rotatable bonds is 65. The van der Waals surface area contributed by atoms with E-state index in [1.165, 1.54) is 154 Å². The highest BCUT2D eigenvalue weighted by Gasteiger charge is 2.27. The van der Waals surface area contributed by atoms with E-state index in [2.05, 4.69) is 123 Å². The van der Waals surface area contributed by atoms with E-state index in [4.69, 9.17) is 13.8 Å². The van der Waals surface area contributed by atoms with E-state index in [9.17, 15) is 19.0 Å². The minimum atomic E-state index is -4.72. The van der Waals surface area contributed by atoms with Gasteiger partial charge in [-0.05, 0) is 115 Å². The predicted molar refractivity (Wildman–Crippen MR) is 376 cm³/mol. The summed E-state index contributed by atoms with van der Waals surface area (Å²) in [6.45, 7) is 6.72. The van der Waals surface area contributed by atoms with Gasteiger partial charge in [-0.25, -0.2) is 0 Å². The van der Waals surface area contributed by atoms with Gasteiger partial charge in [0.2, 0.25) is 5.91 Å². The molecule has 0 rings (SSSR count). The Labute approximate surface area is 538 Å². The molecule has 0 fully saturated rings. The molecule has 0 aliphatic carbocycles. The monoisotopic (exact) mass is 1230 g/mol. The second kappa shape index (κ2) is 65.6. The number of hydrogen-bond donors (Lipinski definition) is 1. The molecule has 1 N–H and O–H groups in total. The molecule has 10 heteroatoms. The van der Waals surface area contributed by atoms with E-state index in [0.717, 1.165) is 128 Å². The van der Waals surface area contributed by atoms with Gasteiger partial charge in [-0.1, -0.05) is 297 Å². The number of amides is 1. The standard InChI is InChI=1S/C77H137N2O7P/c1-7-10-13-16-19-22-25-28-30-32-34-36-38-39-41-42-44-46-48-51-54-57-60-63-66-69-76(80)78-74(73-85-87(82,83)84-72-71-79(4,5)6)75(68-65-62-59-56-53-50-27-24-21-18-15-12-9-3)86-77(81)70-67-64-61-58-55-52-49-47-45-43-40-37-35-33-31-29-26-23-20-17-14-11-8-2/h10,13,19-20,22-23,28-31,34-37,39,41,65,68,74-75H,7-9,11-12,14-18,21,24-27,32-33,38,40,42-64,66-67,69-73H2,1-6H3,(H-,78,80,82,83)/b13-10-,22-19-,23-20-,30-28-,31-29-,36-34-,37-35-,41-39-,68-65+. The van der Waals surface area contributed by atoms with Gasteiger partial charge in [0, 0.05) is 12.8 Å². The van der Waals surface area contributed by atoms with Crippen LogP contribution >= 0.6 is 7.82 Å². The van der Waals surface area contributed by atoms with Crippen molar-refractivity contribution in [2.24, 2.45) is 0 Å². The van der Waals surface area contributed by atoms with Crippen LogP contribution in [0.15, 0.2) is 109 Å². The number of unbranched alkanes of at least 4 members (excludes halogenated alkanes) is 33. The molecule has 1 amide bonds. The number of likely N-dealkylation sites (N-methyl/N-ethyl adjacent to an activating group) is 1. The summed E-state index contributed by atoms with van der Waals surface area (Å²) in [6, 6.07) is -0.901. The second-order valence-electron chi connectivity index (χ2n) is 25.4. The quantitative estimate of drug-likeness (QED) is 0.0212. The lowest BCUT2D eigenvalue weighted by atomic mass is 10.0. The number of nitrogens with one attached hydrogen (secondary N) is 1. The summed E-state index contributed by atoms with van der Waals surface area (Å²) in [5.41, 5.74) is 0. The molecule has 0 aromatic rings. The number of phosphoric ester groups is 1. The van der Waals surface area contributed by atoms with E-state index in [1.807, 2.05) is 33.3 Å². The van der Waals surface area contributed by atoms with E-state index in [0.29, 0.717) is 17.4 Å². The number of phosphoric acid groups is 1. The molecule has 0 saturated heterocycles. The van der Waals surface area contributed by atoms with Crippen LogP contribution in [0.3, 0.4) is 0 Å². The van der Waals surface area contributed by atoms with E-state index >= 15 is 0 Å². The predicted octanol–water partition coefficient (Wildman–Crippen LogP) is 22.6. The summed E-state index contributed by atoms with van der Waals surface area (Å²) in [5, 5.41) is 3.04. The highest BCUT2D eigenvalue weighted by atomic mass is 31.2. The molecular weight excluding hydrogens is 1100 g/mol. The van der Waals surface area contributed by atoms with Crippen LogP contribution in [0.1, 0.15) is 316 Å². The lowest BCUT2D eigenvalue weighted by molar-refractivity contribution is -0.870. The number of carbonyl (C=O) groups is 2. The van der Waals surface area contributed by atoms with Crippen LogP contribution in [-0.4, -0.2) is 69.4 Å². The normalized spacial score (nSPS) is 14.1. The Bertz CT molecular complexity index is 1860. The third-order valence-corrected chi connectivity index (χ3v) is 16.7. The average Bonchev–Trinajstić information content (AvgIpc) is 3.70. The highest BCUT2D eigenvalue weighted by Crippen LogP contribution is 2.38. The van der Waals surface area contributed by atoms with Crippen LogP contribution in [0.25, 0.3) is 0 Å². The van der Waals surface area contributed by atoms with Crippen LogP contribution in [-0.2, 0) is 27.9 Å². The first-order valence-electron chi connectivity index (χ1n) is 36.2. The molecule has 0 aliphatic heterocycles. The summed E-state index contributed by atoms with van der Waals surface area (Å²) >= 11 is 0. The molecule has 0 bridgehead atoms. The molecule has 0 radical (unpaired) electrons. The Morgan fingerprint density at radius 1 is 0.414 bits per heavy atom. The molecule has 0 saturated carbocycles. The first-order valence-corrected chi connectivity index (χ1v) is 37.7. The van der Waals surface area contributed by atoms with Gasteiger partial charge in [0.1, 0.15) is 19.3 Å². The number of esters is 1. The maximum atomic E-state index is 13.6. The largest absolute Gasteiger partial charge is 0.756 e. The first kappa shape index (κ1) is 83.7. The summed E-state index contributed by atoms with van der Waals surface area (Å²) in [4.78, 5) is 40.3. The molecule has 0 spiro atoms. The second-order valence-corrected chi connectivity index (χ2v) is 26.8. The maximum Gasteiger partial charge on any atom is 0.306 e. The molecule has 9 nitrogen and oxygen atoms in total. The number of carbonyl (C=O) groups excluding carboxylic acids is 2. The minimum Gasteiger partial charge on any atom is -0.756 e. The fourth-order valence-electron chi connectivity index (χ4n) is 10.1. The summed E-state index contributed by atoms with van der Waals surface area (Å²) < 4.78 is 30.5. The zero-order valence-corrected chi connectivity index (χ0v) is 58.3. The van der Waals surface area contributed by atoms with Gasteiger partial charge in [-0.15, -0.1) is 0 Å². The molecule has 0 heterocycles. The van der Waals surface area contributed by atoms with Crippen molar-refractivity contribution in [2.75, 3.05) is 40.9 Å². The third kappa shape index (κ3) is 66.9. The topological polar surface area (TPSA) is 114 Å². The SMILES string of the molecule is CC/C=C\C/C=C\C/C=C\C/C=C\C/C=C\CCCCCCCCCCCC(=O)NC(COP(=O)([O-])OCC[N+](C)(C)C)C(/C=C/CCCCCCCCCCCCC)OC(=O)CCCCCCCCCCCC/C=C\C/C=C\C/C=C\CCCCC. The lowest BCUT2D eigenvalue weighted by Crippen LogP contribution is -2.47. The number of quaternary nitrogens is 1. The van der Waals surface area contributed by atoms with Gasteiger partial charge < -0.3 is 28.5 Å². The highest BCUT2D eigenvalue weighted by molar-refractivity contribution is 7.45. The third-order valence-electron chi connectivity index (χ3n) is 15.7. The smallest absolute Gasteiger partial charge is 0.306 e. The van der Waals surface area contributed by atoms with Crippen LogP contribution in [0.5, 0.6) is 0 Å². The molecule has 502 valence electrons. The van der Waals surface area contributed by atoms with Crippen LogP contribution in [0.4, 0.5) is 0 Å². The number of allylic oxidation sites excluding steroid dienone is 17. The summed E-state index contributed by atoms with van der Waals surface area (Å²) in [7, 11) is 1.17. The van der Waals surface area contributed by atoms with Crippen molar-refractivity contribution in [3.05, 3.63) is 109 Å². The molecule has 0 aromatic carbocycles. The Morgan fingerprint density at radius 2 is 0.736 bits per heavy atom. The minimum absolute atomic E-state index is 0.0286. The Hall–Kier alpha value is -3.33. The number of nitrogens with zero attached hydrogens (tertiary/aromatic N) is 1. The molecule has 3 atom stereocenters. The van der Waals surface area contributed by atoms with Crippen LogP contribution in [0, 0.1) is 0 Å². The molecule has 87 heavy (non-hydrogen) atoms. The number of ether oxygens (including phenoxy) is 1. The average molecular weight is 1230 g/mol. The van der Waals surface area contributed by atoms with Crippen molar-refractivity contribution >= 4 is 19.7 Å². The van der Waals surface area contributed by atoms with Crippen molar-refractivity contribution in [3.8, 4) is 0 Å². The van der Waals surface area contributed by atoms with Crippen molar-refractivity contribution in [2.45, 2.75) is 328 Å².